The van der Waals surface area contributed by atoms with Crippen molar-refractivity contribution in [1.82, 2.24) is 14.6 Å². The fraction of sp³-hybridized carbons (Fsp3) is 0.182. The molecule has 0 saturated carbocycles. The summed E-state index contributed by atoms with van der Waals surface area (Å²) in [6.07, 6.45) is 1.68. The number of ether oxygens (including phenoxy) is 1. The smallest absolute Gasteiger partial charge is 0.265 e. The number of hydrogen-bond acceptors (Lipinski definition) is 5. The van der Waals surface area contributed by atoms with Crippen LogP contribution in [0.2, 0.25) is 5.02 Å². The normalized spacial score (nSPS) is 11.6. The highest BCUT2D eigenvalue weighted by Crippen LogP contribution is 2.34. The zero-order valence-electron chi connectivity index (χ0n) is 17.5. The molecule has 1 N–H and O–H groups in total. The van der Waals surface area contributed by atoms with E-state index >= 15 is 0 Å². The first-order valence-corrected chi connectivity index (χ1v) is 11.4. The second kappa shape index (κ2) is 7.86. The van der Waals surface area contributed by atoms with Gasteiger partial charge in [-0.1, -0.05) is 23.7 Å². The number of halogens is 1. The minimum absolute atomic E-state index is 0.00982. The van der Waals surface area contributed by atoms with E-state index in [4.69, 9.17) is 16.3 Å². The van der Waals surface area contributed by atoms with Crippen LogP contribution in [0.5, 0.6) is 5.75 Å². The van der Waals surface area contributed by atoms with Gasteiger partial charge < -0.3 is 4.74 Å². The molecule has 2 aromatic carbocycles. The van der Waals surface area contributed by atoms with E-state index in [2.05, 4.69) is 14.8 Å². The largest absolute Gasteiger partial charge is 0.495 e. The monoisotopic (exact) mass is 456 g/mol. The number of anilines is 1. The van der Waals surface area contributed by atoms with Gasteiger partial charge in [0.2, 0.25) is 0 Å². The molecule has 0 atom stereocenters. The number of methoxy groups -OCH3 is 1. The Morgan fingerprint density at radius 2 is 1.87 bits per heavy atom. The highest BCUT2D eigenvalue weighted by molar-refractivity contribution is 7.92. The zero-order chi connectivity index (χ0) is 22.3. The van der Waals surface area contributed by atoms with Gasteiger partial charge in [-0.3, -0.25) is 4.72 Å². The van der Waals surface area contributed by atoms with Gasteiger partial charge in [0.15, 0.2) is 5.65 Å². The number of nitrogens with one attached hydrogen (secondary N) is 1. The molecular weight excluding hydrogens is 436 g/mol. The minimum atomic E-state index is -3.96. The molecule has 2 aromatic heterocycles. The van der Waals surface area contributed by atoms with Gasteiger partial charge in [0.05, 0.1) is 19.0 Å². The molecule has 160 valence electrons. The van der Waals surface area contributed by atoms with Crippen molar-refractivity contribution in [3.05, 3.63) is 70.6 Å². The molecule has 0 amide bonds. The van der Waals surface area contributed by atoms with Gasteiger partial charge >= 0.3 is 0 Å². The molecule has 9 heteroatoms. The molecule has 0 aliphatic heterocycles. The summed E-state index contributed by atoms with van der Waals surface area (Å²) in [5.74, 6) is 0.229. The van der Waals surface area contributed by atoms with Crippen LogP contribution in [0.4, 0.5) is 5.69 Å². The van der Waals surface area contributed by atoms with Crippen LogP contribution in [0.25, 0.3) is 16.8 Å². The number of nitrogens with zero attached hydrogens (tertiary/aromatic N) is 3. The van der Waals surface area contributed by atoms with E-state index in [0.717, 1.165) is 17.0 Å². The Kier molecular flexibility index (Phi) is 5.36. The Hall–Kier alpha value is -3.10. The van der Waals surface area contributed by atoms with Gasteiger partial charge in [0.1, 0.15) is 10.6 Å². The van der Waals surface area contributed by atoms with Gasteiger partial charge in [-0.15, -0.1) is 0 Å². The SMILES string of the molecule is COc1ccc(-c2cnn3c(C)cc(C)nc23)cc1S(=O)(=O)Nc1cccc(Cl)c1C. The molecule has 0 aliphatic carbocycles. The van der Waals surface area contributed by atoms with Gasteiger partial charge in [-0.2, -0.15) is 5.10 Å². The summed E-state index contributed by atoms with van der Waals surface area (Å²) in [5, 5.41) is 4.88. The molecule has 31 heavy (non-hydrogen) atoms. The van der Waals surface area contributed by atoms with Crippen molar-refractivity contribution >= 4 is 33.0 Å². The first-order valence-electron chi connectivity index (χ1n) is 9.49. The van der Waals surface area contributed by atoms with Gasteiger partial charge in [-0.05, 0) is 62.2 Å². The first kappa shape index (κ1) is 21.1. The number of rotatable bonds is 5. The van der Waals surface area contributed by atoms with Crippen molar-refractivity contribution in [2.24, 2.45) is 0 Å². The third-order valence-corrected chi connectivity index (χ3v) is 6.85. The van der Waals surface area contributed by atoms with Crippen LogP contribution in [0.15, 0.2) is 53.6 Å². The molecule has 0 saturated heterocycles. The van der Waals surface area contributed by atoms with Crippen LogP contribution in [0.3, 0.4) is 0 Å². The maximum Gasteiger partial charge on any atom is 0.265 e. The topological polar surface area (TPSA) is 85.6 Å². The van der Waals surface area contributed by atoms with E-state index in [-0.39, 0.29) is 10.6 Å². The predicted molar refractivity (Wildman–Crippen MR) is 121 cm³/mol. The van der Waals surface area contributed by atoms with Crippen molar-refractivity contribution in [2.75, 3.05) is 11.8 Å². The highest BCUT2D eigenvalue weighted by Gasteiger charge is 2.23. The lowest BCUT2D eigenvalue weighted by atomic mass is 10.1. The molecule has 2 heterocycles. The Balaban J connectivity index is 1.84. The fourth-order valence-electron chi connectivity index (χ4n) is 3.45. The van der Waals surface area contributed by atoms with Gasteiger partial charge in [0.25, 0.3) is 10.0 Å². The van der Waals surface area contributed by atoms with Gasteiger partial charge in [-0.25, -0.2) is 17.9 Å². The van der Waals surface area contributed by atoms with E-state index in [0.29, 0.717) is 27.5 Å². The van der Waals surface area contributed by atoms with Crippen molar-refractivity contribution in [2.45, 2.75) is 25.7 Å². The van der Waals surface area contributed by atoms with Crippen LogP contribution in [0, 0.1) is 20.8 Å². The number of fused-ring (bicyclic) bond motifs is 1. The maximum atomic E-state index is 13.3. The summed E-state index contributed by atoms with van der Waals surface area (Å²) in [6.45, 7) is 5.60. The second-order valence-corrected chi connectivity index (χ2v) is 9.27. The lowest BCUT2D eigenvalue weighted by Crippen LogP contribution is -2.15. The second-order valence-electron chi connectivity index (χ2n) is 7.22. The molecule has 0 spiro atoms. The Bertz CT molecular complexity index is 1410. The van der Waals surface area contributed by atoms with Crippen molar-refractivity contribution in [1.29, 1.82) is 0 Å². The third-order valence-electron chi connectivity index (χ3n) is 5.05. The molecule has 4 aromatic rings. The lowest BCUT2D eigenvalue weighted by Gasteiger charge is -2.15. The number of sulfonamides is 1. The van der Waals surface area contributed by atoms with Crippen molar-refractivity contribution < 1.29 is 13.2 Å². The molecule has 7 nitrogen and oxygen atoms in total. The Labute approximate surface area is 185 Å². The molecule has 0 radical (unpaired) electrons. The molecular formula is C22H21ClN4O3S. The van der Waals surface area contributed by atoms with E-state index in [9.17, 15) is 8.42 Å². The molecule has 0 aliphatic rings. The highest BCUT2D eigenvalue weighted by atomic mass is 35.5. The number of benzene rings is 2. The molecule has 0 unspecified atom stereocenters. The van der Waals surface area contributed by atoms with Crippen molar-refractivity contribution in [3.63, 3.8) is 0 Å². The fourth-order valence-corrected chi connectivity index (χ4v) is 4.94. The van der Waals surface area contributed by atoms with Crippen LogP contribution in [0.1, 0.15) is 17.0 Å². The first-order chi connectivity index (χ1) is 14.7. The van der Waals surface area contributed by atoms with Crippen LogP contribution >= 0.6 is 11.6 Å². The number of hydrogen-bond donors (Lipinski definition) is 1. The number of aryl methyl sites for hydroxylation is 2. The summed E-state index contributed by atoms with van der Waals surface area (Å²) >= 11 is 6.15. The van der Waals surface area contributed by atoms with Crippen molar-refractivity contribution in [3.8, 4) is 16.9 Å². The summed E-state index contributed by atoms with van der Waals surface area (Å²) < 4.78 is 36.2. The van der Waals surface area contributed by atoms with E-state index in [1.54, 1.807) is 54.0 Å². The summed E-state index contributed by atoms with van der Waals surface area (Å²) in [5.41, 5.74) is 4.88. The number of aromatic nitrogens is 3. The summed E-state index contributed by atoms with van der Waals surface area (Å²) in [4.78, 5) is 4.60. The van der Waals surface area contributed by atoms with Crippen LogP contribution in [-0.4, -0.2) is 30.1 Å². The van der Waals surface area contributed by atoms with Gasteiger partial charge in [0, 0.05) is 22.0 Å². The Morgan fingerprint density at radius 1 is 1.10 bits per heavy atom. The third kappa shape index (κ3) is 3.84. The average Bonchev–Trinajstić information content (AvgIpc) is 3.15. The predicted octanol–water partition coefficient (Wildman–Crippen LogP) is 4.78. The molecule has 0 fully saturated rings. The molecule has 0 bridgehead atoms. The lowest BCUT2D eigenvalue weighted by molar-refractivity contribution is 0.403. The van der Waals surface area contributed by atoms with Crippen LogP contribution < -0.4 is 9.46 Å². The minimum Gasteiger partial charge on any atom is -0.495 e. The standard InChI is InChI=1S/C22H21ClN4O3S/c1-13-10-14(2)27-22(25-13)17(12-24-27)16-8-9-20(30-4)21(11-16)31(28,29)26-19-7-5-6-18(23)15(19)3/h5-12,26H,1-4H3. The van der Waals surface area contributed by atoms with E-state index < -0.39 is 10.0 Å². The van der Waals surface area contributed by atoms with Crippen LogP contribution in [-0.2, 0) is 10.0 Å². The maximum absolute atomic E-state index is 13.3. The quantitative estimate of drug-likeness (QED) is 0.467. The summed E-state index contributed by atoms with van der Waals surface area (Å²) in [6, 6.07) is 12.0. The Morgan fingerprint density at radius 3 is 2.61 bits per heavy atom. The molecule has 4 rings (SSSR count). The van der Waals surface area contributed by atoms with E-state index in [1.165, 1.54) is 7.11 Å². The summed E-state index contributed by atoms with van der Waals surface area (Å²) in [7, 11) is -2.53. The average molecular weight is 457 g/mol. The zero-order valence-corrected chi connectivity index (χ0v) is 19.0. The van der Waals surface area contributed by atoms with E-state index in [1.807, 2.05) is 19.9 Å².